The van der Waals surface area contributed by atoms with Gasteiger partial charge in [0.2, 0.25) is 0 Å². The highest BCUT2D eigenvalue weighted by atomic mass is 35.5. The van der Waals surface area contributed by atoms with Crippen molar-refractivity contribution in [3.8, 4) is 23.0 Å². The van der Waals surface area contributed by atoms with Crippen LogP contribution in [0.15, 0.2) is 65.8 Å². The molecule has 0 aliphatic rings. The van der Waals surface area contributed by atoms with Gasteiger partial charge in [-0.05, 0) is 41.5 Å². The molecule has 0 atom stereocenters. The van der Waals surface area contributed by atoms with E-state index in [9.17, 15) is 9.59 Å². The molecular formula is C25H24ClN3O6. The second-order valence-electron chi connectivity index (χ2n) is 7.13. The van der Waals surface area contributed by atoms with Crippen molar-refractivity contribution in [1.29, 1.82) is 0 Å². The van der Waals surface area contributed by atoms with Gasteiger partial charge in [-0.15, -0.1) is 0 Å². The van der Waals surface area contributed by atoms with Crippen LogP contribution in [0.4, 0.5) is 0 Å². The molecule has 3 aromatic rings. The van der Waals surface area contributed by atoms with Crippen LogP contribution >= 0.6 is 11.6 Å². The van der Waals surface area contributed by atoms with E-state index < -0.39 is 11.8 Å². The molecule has 0 aliphatic heterocycles. The summed E-state index contributed by atoms with van der Waals surface area (Å²) in [5.41, 5.74) is 9.41. The zero-order valence-corrected chi connectivity index (χ0v) is 19.9. The number of nitrogens with two attached hydrogens (primary N) is 1. The fourth-order valence-corrected chi connectivity index (χ4v) is 3.26. The molecule has 3 aromatic carbocycles. The minimum Gasteiger partial charge on any atom is -0.493 e. The lowest BCUT2D eigenvalue weighted by molar-refractivity contribution is -0.119. The van der Waals surface area contributed by atoms with Crippen LogP contribution in [0, 0.1) is 0 Å². The van der Waals surface area contributed by atoms with Crippen molar-refractivity contribution >= 4 is 29.6 Å². The minimum atomic E-state index is -0.649. The molecule has 35 heavy (non-hydrogen) atoms. The SMILES string of the molecule is COc1cc(C(=O)N/N=C/c2cc(Cl)c(OCC(N)=O)c(OC)c2)ccc1OCc1ccccc1. The molecule has 0 aromatic heterocycles. The van der Waals surface area contributed by atoms with E-state index in [-0.39, 0.29) is 23.1 Å². The molecule has 9 nitrogen and oxygen atoms in total. The van der Waals surface area contributed by atoms with Crippen molar-refractivity contribution in [2.24, 2.45) is 10.8 Å². The van der Waals surface area contributed by atoms with Crippen LogP contribution in [-0.4, -0.2) is 38.9 Å². The van der Waals surface area contributed by atoms with Gasteiger partial charge in [-0.25, -0.2) is 5.43 Å². The quantitative estimate of drug-likeness (QED) is 0.308. The molecular weight excluding hydrogens is 474 g/mol. The van der Waals surface area contributed by atoms with Crippen LogP contribution in [0.5, 0.6) is 23.0 Å². The molecule has 0 saturated heterocycles. The molecule has 0 spiro atoms. The molecule has 0 heterocycles. The predicted molar refractivity (Wildman–Crippen MR) is 132 cm³/mol. The number of primary amides is 1. The number of ether oxygens (including phenoxy) is 4. The smallest absolute Gasteiger partial charge is 0.271 e. The van der Waals surface area contributed by atoms with Gasteiger partial charge in [-0.1, -0.05) is 41.9 Å². The lowest BCUT2D eigenvalue weighted by Gasteiger charge is -2.12. The molecule has 0 radical (unpaired) electrons. The number of amides is 2. The second kappa shape index (κ2) is 12.3. The highest BCUT2D eigenvalue weighted by molar-refractivity contribution is 6.32. The van der Waals surface area contributed by atoms with Gasteiger partial charge in [0.05, 0.1) is 25.5 Å². The topological polar surface area (TPSA) is 121 Å². The molecule has 10 heteroatoms. The Bertz CT molecular complexity index is 1220. The van der Waals surface area contributed by atoms with Crippen LogP contribution in [0.2, 0.25) is 5.02 Å². The van der Waals surface area contributed by atoms with E-state index in [0.717, 1.165) is 5.56 Å². The van der Waals surface area contributed by atoms with E-state index in [1.807, 2.05) is 30.3 Å². The van der Waals surface area contributed by atoms with Crippen molar-refractivity contribution in [3.05, 3.63) is 82.4 Å². The molecule has 2 amide bonds. The predicted octanol–water partition coefficient (Wildman–Crippen LogP) is 3.56. The molecule has 3 N–H and O–H groups in total. The van der Waals surface area contributed by atoms with Gasteiger partial charge in [-0.2, -0.15) is 5.10 Å². The van der Waals surface area contributed by atoms with E-state index in [1.165, 1.54) is 26.5 Å². The standard InChI is InChI=1S/C25H24ClN3O6/c1-32-21-12-18(8-9-20(21)34-14-16-6-4-3-5-7-16)25(31)29-28-13-17-10-19(26)24(22(11-17)33-2)35-15-23(27)30/h3-13H,14-15H2,1-2H3,(H2,27,30)(H,29,31)/b28-13+. The number of carbonyl (C=O) groups is 2. The lowest BCUT2D eigenvalue weighted by atomic mass is 10.2. The van der Waals surface area contributed by atoms with E-state index in [4.69, 9.17) is 36.3 Å². The number of hydrazone groups is 1. The van der Waals surface area contributed by atoms with Crippen LogP contribution in [0.3, 0.4) is 0 Å². The number of nitrogens with zero attached hydrogens (tertiary/aromatic N) is 1. The van der Waals surface area contributed by atoms with Gasteiger partial charge >= 0.3 is 0 Å². The Balaban J connectivity index is 1.65. The summed E-state index contributed by atoms with van der Waals surface area (Å²) in [6, 6.07) is 17.7. The summed E-state index contributed by atoms with van der Waals surface area (Å²) < 4.78 is 21.7. The Morgan fingerprint density at radius 1 is 0.971 bits per heavy atom. The third-order valence-corrected chi connectivity index (χ3v) is 4.93. The number of carbonyl (C=O) groups excluding carboxylic acids is 2. The summed E-state index contributed by atoms with van der Waals surface area (Å²) in [5.74, 6) is 0.285. The molecule has 0 fully saturated rings. The second-order valence-corrected chi connectivity index (χ2v) is 7.54. The minimum absolute atomic E-state index is 0.177. The number of halogens is 1. The molecule has 0 unspecified atom stereocenters. The highest BCUT2D eigenvalue weighted by Gasteiger charge is 2.14. The third-order valence-electron chi connectivity index (χ3n) is 4.65. The van der Waals surface area contributed by atoms with Crippen LogP contribution in [0.1, 0.15) is 21.5 Å². The first-order valence-corrected chi connectivity index (χ1v) is 10.8. The summed E-state index contributed by atoms with van der Waals surface area (Å²) in [7, 11) is 2.92. The van der Waals surface area contributed by atoms with Crippen molar-refractivity contribution in [3.63, 3.8) is 0 Å². The van der Waals surface area contributed by atoms with Crippen LogP contribution < -0.4 is 30.1 Å². The van der Waals surface area contributed by atoms with Gasteiger partial charge in [0, 0.05) is 5.56 Å². The first kappa shape index (κ1) is 25.4. The summed E-state index contributed by atoms with van der Waals surface area (Å²) in [6.45, 7) is 0.0184. The highest BCUT2D eigenvalue weighted by Crippen LogP contribution is 2.36. The van der Waals surface area contributed by atoms with Gasteiger partial charge in [-0.3, -0.25) is 9.59 Å². The fourth-order valence-electron chi connectivity index (χ4n) is 2.99. The maximum absolute atomic E-state index is 12.6. The average molecular weight is 498 g/mol. The number of benzene rings is 3. The van der Waals surface area contributed by atoms with Crippen LogP contribution in [-0.2, 0) is 11.4 Å². The van der Waals surface area contributed by atoms with E-state index in [0.29, 0.717) is 29.2 Å². The van der Waals surface area contributed by atoms with Crippen molar-refractivity contribution in [1.82, 2.24) is 5.43 Å². The Hall–Kier alpha value is -4.24. The zero-order chi connectivity index (χ0) is 25.2. The molecule has 0 saturated carbocycles. The Kier molecular flexibility index (Phi) is 8.91. The number of hydrogen-bond donors (Lipinski definition) is 2. The molecule has 0 aliphatic carbocycles. The largest absolute Gasteiger partial charge is 0.493 e. The van der Waals surface area contributed by atoms with E-state index >= 15 is 0 Å². The summed E-state index contributed by atoms with van der Waals surface area (Å²) in [5, 5.41) is 4.16. The fraction of sp³-hybridized carbons (Fsp3) is 0.160. The van der Waals surface area contributed by atoms with Crippen molar-refractivity contribution in [2.45, 2.75) is 6.61 Å². The number of methoxy groups -OCH3 is 2. The Morgan fingerprint density at radius 3 is 2.40 bits per heavy atom. The van der Waals surface area contributed by atoms with Gasteiger partial charge in [0.1, 0.15) is 6.61 Å². The summed E-state index contributed by atoms with van der Waals surface area (Å²) >= 11 is 6.22. The monoisotopic (exact) mass is 497 g/mol. The molecule has 0 bridgehead atoms. The van der Waals surface area contributed by atoms with Crippen molar-refractivity contribution in [2.75, 3.05) is 20.8 Å². The first-order chi connectivity index (χ1) is 16.9. The van der Waals surface area contributed by atoms with Gasteiger partial charge in [0.25, 0.3) is 11.8 Å². The number of nitrogens with one attached hydrogen (secondary N) is 1. The average Bonchev–Trinajstić information content (AvgIpc) is 2.86. The van der Waals surface area contributed by atoms with E-state index in [2.05, 4.69) is 10.5 Å². The maximum atomic E-state index is 12.6. The molecule has 3 rings (SSSR count). The Morgan fingerprint density at radius 2 is 1.71 bits per heavy atom. The molecule has 182 valence electrons. The van der Waals surface area contributed by atoms with Crippen LogP contribution in [0.25, 0.3) is 0 Å². The lowest BCUT2D eigenvalue weighted by Crippen LogP contribution is -2.20. The van der Waals surface area contributed by atoms with Crippen molar-refractivity contribution < 1.29 is 28.5 Å². The van der Waals surface area contributed by atoms with Gasteiger partial charge < -0.3 is 24.7 Å². The summed E-state index contributed by atoms with van der Waals surface area (Å²) in [6.07, 6.45) is 1.39. The Labute approximate surface area is 207 Å². The third kappa shape index (κ3) is 7.12. The number of hydrogen-bond acceptors (Lipinski definition) is 7. The number of rotatable bonds is 11. The summed E-state index contributed by atoms with van der Waals surface area (Å²) in [4.78, 5) is 23.5. The first-order valence-electron chi connectivity index (χ1n) is 10.4. The maximum Gasteiger partial charge on any atom is 0.271 e. The van der Waals surface area contributed by atoms with E-state index in [1.54, 1.807) is 24.3 Å². The van der Waals surface area contributed by atoms with Gasteiger partial charge in [0.15, 0.2) is 29.6 Å². The zero-order valence-electron chi connectivity index (χ0n) is 19.1. The normalized spacial score (nSPS) is 10.6.